The SMILES string of the molecule is Cc1ccc(S(=O)(=O)OCCCCc2ccc(C3=NNC(=O)CC3)cc2)cc1. The number of benzene rings is 2. The third-order valence-electron chi connectivity index (χ3n) is 4.60. The minimum Gasteiger partial charge on any atom is -0.273 e. The van der Waals surface area contributed by atoms with Crippen molar-refractivity contribution in [1.29, 1.82) is 0 Å². The minimum absolute atomic E-state index is 0.0491. The van der Waals surface area contributed by atoms with Gasteiger partial charge < -0.3 is 0 Å². The Labute approximate surface area is 165 Å². The van der Waals surface area contributed by atoms with Crippen LogP contribution in [0.4, 0.5) is 0 Å². The fourth-order valence-electron chi connectivity index (χ4n) is 2.92. The maximum Gasteiger partial charge on any atom is 0.296 e. The third kappa shape index (κ3) is 5.50. The number of hydrazone groups is 1. The number of nitrogens with zero attached hydrogens (tertiary/aromatic N) is 1. The summed E-state index contributed by atoms with van der Waals surface area (Å²) in [4.78, 5) is 11.3. The summed E-state index contributed by atoms with van der Waals surface area (Å²) in [5.41, 5.74) is 6.58. The first-order valence-corrected chi connectivity index (χ1v) is 10.8. The fraction of sp³-hybridized carbons (Fsp3) is 0.333. The lowest BCUT2D eigenvalue weighted by atomic mass is 10.0. The fourth-order valence-corrected chi connectivity index (χ4v) is 3.86. The molecule has 1 aliphatic rings. The van der Waals surface area contributed by atoms with Crippen molar-refractivity contribution in [1.82, 2.24) is 5.43 Å². The van der Waals surface area contributed by atoms with Gasteiger partial charge in [0.1, 0.15) is 0 Å². The van der Waals surface area contributed by atoms with Crippen LogP contribution in [-0.2, 0) is 25.5 Å². The van der Waals surface area contributed by atoms with Gasteiger partial charge in [-0.1, -0.05) is 42.0 Å². The van der Waals surface area contributed by atoms with Gasteiger partial charge in [-0.05, 0) is 49.4 Å². The van der Waals surface area contributed by atoms with Crippen molar-refractivity contribution in [3.63, 3.8) is 0 Å². The molecular weight excluding hydrogens is 376 g/mol. The molecule has 6 nitrogen and oxygen atoms in total. The van der Waals surface area contributed by atoms with Gasteiger partial charge in [-0.25, -0.2) is 5.43 Å². The largest absolute Gasteiger partial charge is 0.296 e. The van der Waals surface area contributed by atoms with E-state index in [9.17, 15) is 13.2 Å². The Hall–Kier alpha value is -2.51. The van der Waals surface area contributed by atoms with Crippen LogP contribution in [0.3, 0.4) is 0 Å². The molecule has 0 unspecified atom stereocenters. The molecule has 28 heavy (non-hydrogen) atoms. The molecule has 0 atom stereocenters. The van der Waals surface area contributed by atoms with Crippen molar-refractivity contribution in [3.8, 4) is 0 Å². The highest BCUT2D eigenvalue weighted by Gasteiger charge is 2.15. The van der Waals surface area contributed by atoms with Gasteiger partial charge in [0, 0.05) is 12.8 Å². The van der Waals surface area contributed by atoms with Crippen LogP contribution in [0.2, 0.25) is 0 Å². The Morgan fingerprint density at radius 3 is 2.36 bits per heavy atom. The first kappa shape index (κ1) is 20.2. The van der Waals surface area contributed by atoms with Crippen LogP contribution < -0.4 is 5.43 Å². The van der Waals surface area contributed by atoms with Crippen molar-refractivity contribution >= 4 is 21.7 Å². The minimum atomic E-state index is -3.69. The molecule has 148 valence electrons. The Morgan fingerprint density at radius 2 is 1.71 bits per heavy atom. The molecule has 1 N–H and O–H groups in total. The molecule has 0 spiro atoms. The molecule has 0 bridgehead atoms. The van der Waals surface area contributed by atoms with E-state index in [2.05, 4.69) is 10.5 Å². The number of aryl methyl sites for hydroxylation is 2. The second kappa shape index (κ2) is 9.12. The highest BCUT2D eigenvalue weighted by atomic mass is 32.2. The average Bonchev–Trinajstić information content (AvgIpc) is 2.69. The number of amides is 1. The standard InChI is InChI=1S/C21H24N2O4S/c1-16-5-11-19(12-6-16)28(25,26)27-15-3-2-4-17-7-9-18(10-8-17)20-13-14-21(24)23-22-20/h5-12H,2-4,13-15H2,1H3,(H,23,24). The number of carbonyl (C=O) groups excluding carboxylic acids is 1. The summed E-state index contributed by atoms with van der Waals surface area (Å²) in [6, 6.07) is 14.7. The van der Waals surface area contributed by atoms with Crippen LogP contribution in [0.25, 0.3) is 0 Å². The Bertz CT molecular complexity index is 949. The van der Waals surface area contributed by atoms with Gasteiger partial charge in [0.15, 0.2) is 0 Å². The molecule has 1 heterocycles. The number of hydrogen-bond donors (Lipinski definition) is 1. The summed E-state index contributed by atoms with van der Waals surface area (Å²) < 4.78 is 29.4. The second-order valence-electron chi connectivity index (χ2n) is 6.84. The summed E-state index contributed by atoms with van der Waals surface area (Å²) in [6.07, 6.45) is 3.45. The number of hydrogen-bond acceptors (Lipinski definition) is 5. The van der Waals surface area contributed by atoms with Crippen LogP contribution in [-0.4, -0.2) is 26.6 Å². The van der Waals surface area contributed by atoms with E-state index in [1.807, 2.05) is 31.2 Å². The van der Waals surface area contributed by atoms with Crippen LogP contribution in [0.15, 0.2) is 58.5 Å². The molecule has 0 fully saturated rings. The van der Waals surface area contributed by atoms with E-state index in [0.717, 1.165) is 29.7 Å². The quantitative estimate of drug-likeness (QED) is 0.544. The first-order chi connectivity index (χ1) is 13.4. The van der Waals surface area contributed by atoms with E-state index in [4.69, 9.17) is 4.18 Å². The van der Waals surface area contributed by atoms with Crippen molar-refractivity contribution in [2.45, 2.75) is 43.9 Å². The second-order valence-corrected chi connectivity index (χ2v) is 8.45. The molecule has 2 aromatic carbocycles. The number of carbonyl (C=O) groups is 1. The number of rotatable bonds is 8. The Morgan fingerprint density at radius 1 is 1.00 bits per heavy atom. The van der Waals surface area contributed by atoms with Gasteiger partial charge in [0.05, 0.1) is 17.2 Å². The van der Waals surface area contributed by atoms with Gasteiger partial charge in [-0.15, -0.1) is 0 Å². The zero-order valence-electron chi connectivity index (χ0n) is 15.8. The molecule has 3 rings (SSSR count). The number of unbranched alkanes of at least 4 members (excludes halogenated alkanes) is 1. The molecule has 1 aliphatic heterocycles. The molecule has 0 saturated heterocycles. The van der Waals surface area contributed by atoms with Gasteiger partial charge >= 0.3 is 0 Å². The molecule has 7 heteroatoms. The van der Waals surface area contributed by atoms with Gasteiger partial charge in [0.25, 0.3) is 10.1 Å². The summed E-state index contributed by atoms with van der Waals surface area (Å²) in [5, 5.41) is 4.09. The normalized spacial score (nSPS) is 14.5. The maximum atomic E-state index is 12.1. The van der Waals surface area contributed by atoms with Crippen LogP contribution in [0, 0.1) is 6.92 Å². The summed E-state index contributed by atoms with van der Waals surface area (Å²) in [7, 11) is -3.69. The molecule has 1 amide bonds. The molecular formula is C21H24N2O4S. The van der Waals surface area contributed by atoms with Crippen molar-refractivity contribution in [2.24, 2.45) is 5.10 Å². The molecule has 0 aromatic heterocycles. The van der Waals surface area contributed by atoms with Crippen molar-refractivity contribution in [2.75, 3.05) is 6.61 Å². The average molecular weight is 401 g/mol. The van der Waals surface area contributed by atoms with E-state index in [-0.39, 0.29) is 17.4 Å². The summed E-state index contributed by atoms with van der Waals surface area (Å²) in [5.74, 6) is -0.0491. The molecule has 0 radical (unpaired) electrons. The van der Waals surface area contributed by atoms with E-state index in [1.165, 1.54) is 5.56 Å². The van der Waals surface area contributed by atoms with Crippen LogP contribution >= 0.6 is 0 Å². The van der Waals surface area contributed by atoms with Crippen LogP contribution in [0.1, 0.15) is 42.4 Å². The molecule has 0 aliphatic carbocycles. The number of nitrogens with one attached hydrogen (secondary N) is 1. The van der Waals surface area contributed by atoms with Gasteiger partial charge in [-0.3, -0.25) is 8.98 Å². The molecule has 2 aromatic rings. The van der Waals surface area contributed by atoms with E-state index < -0.39 is 10.1 Å². The zero-order chi connectivity index (χ0) is 20.0. The lowest BCUT2D eigenvalue weighted by Gasteiger charge is -2.12. The monoisotopic (exact) mass is 400 g/mol. The topological polar surface area (TPSA) is 84.8 Å². The Balaban J connectivity index is 1.43. The lowest BCUT2D eigenvalue weighted by molar-refractivity contribution is -0.121. The molecule has 0 saturated carbocycles. The van der Waals surface area contributed by atoms with E-state index >= 15 is 0 Å². The van der Waals surface area contributed by atoms with E-state index in [1.54, 1.807) is 24.3 Å². The van der Waals surface area contributed by atoms with Gasteiger partial charge in [0.2, 0.25) is 5.91 Å². The van der Waals surface area contributed by atoms with Crippen molar-refractivity contribution < 1.29 is 17.4 Å². The predicted molar refractivity (Wildman–Crippen MR) is 108 cm³/mol. The zero-order valence-corrected chi connectivity index (χ0v) is 16.7. The summed E-state index contributed by atoms with van der Waals surface area (Å²) >= 11 is 0. The highest BCUT2D eigenvalue weighted by molar-refractivity contribution is 7.86. The first-order valence-electron chi connectivity index (χ1n) is 9.35. The van der Waals surface area contributed by atoms with Gasteiger partial charge in [-0.2, -0.15) is 13.5 Å². The van der Waals surface area contributed by atoms with Crippen molar-refractivity contribution in [3.05, 3.63) is 65.2 Å². The lowest BCUT2D eigenvalue weighted by Crippen LogP contribution is -2.25. The predicted octanol–water partition coefficient (Wildman–Crippen LogP) is 3.34. The van der Waals surface area contributed by atoms with E-state index in [0.29, 0.717) is 19.3 Å². The highest BCUT2D eigenvalue weighted by Crippen LogP contribution is 2.15. The summed E-state index contributed by atoms with van der Waals surface area (Å²) in [6.45, 7) is 2.08. The smallest absolute Gasteiger partial charge is 0.273 e. The van der Waals surface area contributed by atoms with Crippen LogP contribution in [0.5, 0.6) is 0 Å². The third-order valence-corrected chi connectivity index (χ3v) is 5.93. The maximum absolute atomic E-state index is 12.1. The Kier molecular flexibility index (Phi) is 6.59.